The van der Waals surface area contributed by atoms with E-state index in [2.05, 4.69) is 12.0 Å². The van der Waals surface area contributed by atoms with E-state index < -0.39 is 0 Å². The number of hydrogen-bond donors (Lipinski definition) is 1. The Morgan fingerprint density at radius 3 is 2.73 bits per heavy atom. The number of benzene rings is 1. The predicted molar refractivity (Wildman–Crippen MR) is 86.0 cm³/mol. The van der Waals surface area contributed by atoms with Gasteiger partial charge < -0.3 is 10.6 Å². The lowest BCUT2D eigenvalue weighted by Crippen LogP contribution is -2.48. The van der Waals surface area contributed by atoms with E-state index in [1.165, 1.54) is 0 Å². The van der Waals surface area contributed by atoms with Crippen LogP contribution in [0, 0.1) is 6.92 Å². The summed E-state index contributed by atoms with van der Waals surface area (Å²) in [6, 6.07) is 12.1. The van der Waals surface area contributed by atoms with E-state index in [1.807, 2.05) is 52.9 Å². The summed E-state index contributed by atoms with van der Waals surface area (Å²) in [5, 5.41) is 4.50. The molecule has 0 bridgehead atoms. The summed E-state index contributed by atoms with van der Waals surface area (Å²) in [5.41, 5.74) is 8.40. The third kappa shape index (κ3) is 2.76. The zero-order valence-corrected chi connectivity index (χ0v) is 13.1. The van der Waals surface area contributed by atoms with Gasteiger partial charge in [0.25, 0.3) is 5.91 Å². The maximum atomic E-state index is 12.7. The number of piperidine rings is 1. The molecule has 22 heavy (non-hydrogen) atoms. The Bertz CT molecular complexity index is 665. The number of hydrogen-bond acceptors (Lipinski definition) is 3. The van der Waals surface area contributed by atoms with Crippen LogP contribution < -0.4 is 5.73 Å². The molecule has 3 rings (SSSR count). The third-order valence-electron chi connectivity index (χ3n) is 4.28. The highest BCUT2D eigenvalue weighted by atomic mass is 16.2. The lowest BCUT2D eigenvalue weighted by Gasteiger charge is -2.35. The van der Waals surface area contributed by atoms with Crippen molar-refractivity contribution in [2.45, 2.75) is 38.8 Å². The molecular weight excluding hydrogens is 276 g/mol. The first-order valence-corrected chi connectivity index (χ1v) is 7.75. The van der Waals surface area contributed by atoms with Gasteiger partial charge in [-0.05, 0) is 44.9 Å². The molecule has 0 aliphatic carbocycles. The second-order valence-electron chi connectivity index (χ2n) is 6.05. The van der Waals surface area contributed by atoms with Crippen molar-refractivity contribution in [1.82, 2.24) is 14.7 Å². The molecule has 0 unspecified atom stereocenters. The van der Waals surface area contributed by atoms with Crippen LogP contribution in [-0.4, -0.2) is 39.2 Å². The monoisotopic (exact) mass is 298 g/mol. The van der Waals surface area contributed by atoms with E-state index in [9.17, 15) is 4.79 Å². The lowest BCUT2D eigenvalue weighted by molar-refractivity contribution is 0.0612. The van der Waals surface area contributed by atoms with Gasteiger partial charge in [-0.3, -0.25) is 4.79 Å². The molecule has 1 aliphatic heterocycles. The van der Waals surface area contributed by atoms with Gasteiger partial charge in [0, 0.05) is 24.3 Å². The average molecular weight is 298 g/mol. The number of nitrogens with two attached hydrogens (primary N) is 1. The van der Waals surface area contributed by atoms with Gasteiger partial charge in [0.2, 0.25) is 0 Å². The molecule has 0 saturated carbocycles. The molecule has 1 saturated heterocycles. The lowest BCUT2D eigenvalue weighted by atomic mass is 9.99. The van der Waals surface area contributed by atoms with E-state index >= 15 is 0 Å². The standard InChI is InChI=1S/C17H22N4O/c1-12-10-14(18)8-9-20(12)17(22)16-11-13(2)21(19-16)15-6-4-3-5-7-15/h3-7,11-12,14H,8-10,18H2,1-2H3/t12-,14-/m0/s1. The van der Waals surface area contributed by atoms with Gasteiger partial charge >= 0.3 is 0 Å². The largest absolute Gasteiger partial charge is 0.334 e. The first kappa shape index (κ1) is 14.8. The number of rotatable bonds is 2. The van der Waals surface area contributed by atoms with E-state index in [-0.39, 0.29) is 18.0 Å². The molecule has 2 heterocycles. The van der Waals surface area contributed by atoms with Gasteiger partial charge in [0.15, 0.2) is 5.69 Å². The number of carbonyl (C=O) groups excluding carboxylic acids is 1. The van der Waals surface area contributed by atoms with E-state index in [1.54, 1.807) is 0 Å². The number of para-hydroxylation sites is 1. The fourth-order valence-electron chi connectivity index (χ4n) is 3.07. The number of nitrogens with zero attached hydrogens (tertiary/aromatic N) is 3. The highest BCUT2D eigenvalue weighted by Gasteiger charge is 2.29. The van der Waals surface area contributed by atoms with Crippen LogP contribution in [0.1, 0.15) is 35.9 Å². The van der Waals surface area contributed by atoms with Crippen molar-refractivity contribution < 1.29 is 4.79 Å². The summed E-state index contributed by atoms with van der Waals surface area (Å²) >= 11 is 0. The van der Waals surface area contributed by atoms with E-state index in [4.69, 9.17) is 5.73 Å². The van der Waals surface area contributed by atoms with Crippen LogP contribution in [0.25, 0.3) is 5.69 Å². The van der Waals surface area contributed by atoms with Crippen molar-refractivity contribution in [2.24, 2.45) is 5.73 Å². The first-order valence-electron chi connectivity index (χ1n) is 7.75. The molecular formula is C17H22N4O. The quantitative estimate of drug-likeness (QED) is 0.924. The minimum atomic E-state index is -0.00261. The molecule has 2 aromatic rings. The van der Waals surface area contributed by atoms with Gasteiger partial charge in [0.1, 0.15) is 0 Å². The maximum Gasteiger partial charge on any atom is 0.274 e. The Morgan fingerprint density at radius 1 is 1.32 bits per heavy atom. The zero-order chi connectivity index (χ0) is 15.7. The Hall–Kier alpha value is -2.14. The first-order chi connectivity index (χ1) is 10.6. The summed E-state index contributed by atoms with van der Waals surface area (Å²) in [5.74, 6) is -0.00261. The molecule has 1 amide bonds. The smallest absolute Gasteiger partial charge is 0.274 e. The molecule has 1 aliphatic rings. The fourth-order valence-corrected chi connectivity index (χ4v) is 3.07. The molecule has 1 fully saturated rings. The summed E-state index contributed by atoms with van der Waals surface area (Å²) < 4.78 is 1.81. The van der Waals surface area contributed by atoms with Crippen LogP contribution in [0.5, 0.6) is 0 Å². The topological polar surface area (TPSA) is 64.2 Å². The van der Waals surface area contributed by atoms with Gasteiger partial charge in [-0.25, -0.2) is 4.68 Å². The molecule has 5 heteroatoms. The fraction of sp³-hybridized carbons (Fsp3) is 0.412. The second kappa shape index (κ2) is 5.93. The summed E-state index contributed by atoms with van der Waals surface area (Å²) in [6.07, 6.45) is 1.71. The van der Waals surface area contributed by atoms with Crippen molar-refractivity contribution in [3.63, 3.8) is 0 Å². The summed E-state index contributed by atoms with van der Waals surface area (Å²) in [6.45, 7) is 4.72. The van der Waals surface area contributed by atoms with E-state index in [0.717, 1.165) is 24.2 Å². The average Bonchev–Trinajstić information content (AvgIpc) is 2.89. The number of aromatic nitrogens is 2. The third-order valence-corrected chi connectivity index (χ3v) is 4.28. The van der Waals surface area contributed by atoms with Crippen LogP contribution in [0.3, 0.4) is 0 Å². The van der Waals surface area contributed by atoms with Gasteiger partial charge in [0.05, 0.1) is 5.69 Å². The Labute approximate surface area is 130 Å². The molecule has 1 aromatic carbocycles. The van der Waals surface area contributed by atoms with Crippen LogP contribution in [0.2, 0.25) is 0 Å². The van der Waals surface area contributed by atoms with Crippen molar-refractivity contribution in [2.75, 3.05) is 6.54 Å². The summed E-state index contributed by atoms with van der Waals surface area (Å²) in [4.78, 5) is 14.6. The van der Waals surface area contributed by atoms with Crippen LogP contribution in [-0.2, 0) is 0 Å². The minimum Gasteiger partial charge on any atom is -0.334 e. The maximum absolute atomic E-state index is 12.7. The molecule has 116 valence electrons. The van der Waals surface area contributed by atoms with Crippen molar-refractivity contribution in [3.05, 3.63) is 47.8 Å². The zero-order valence-electron chi connectivity index (χ0n) is 13.1. The Kier molecular flexibility index (Phi) is 3.98. The Morgan fingerprint density at radius 2 is 2.05 bits per heavy atom. The number of likely N-dealkylation sites (tertiary alicyclic amines) is 1. The second-order valence-corrected chi connectivity index (χ2v) is 6.05. The highest BCUT2D eigenvalue weighted by Crippen LogP contribution is 2.20. The number of aryl methyl sites for hydroxylation is 1. The molecule has 2 atom stereocenters. The highest BCUT2D eigenvalue weighted by molar-refractivity contribution is 5.92. The normalized spacial score (nSPS) is 21.9. The Balaban J connectivity index is 1.85. The van der Waals surface area contributed by atoms with Gasteiger partial charge in [-0.15, -0.1) is 0 Å². The number of carbonyl (C=O) groups is 1. The van der Waals surface area contributed by atoms with E-state index in [0.29, 0.717) is 12.2 Å². The molecule has 1 aromatic heterocycles. The number of amides is 1. The molecule has 2 N–H and O–H groups in total. The summed E-state index contributed by atoms with van der Waals surface area (Å²) in [7, 11) is 0. The van der Waals surface area contributed by atoms with Gasteiger partial charge in [-0.1, -0.05) is 18.2 Å². The van der Waals surface area contributed by atoms with Crippen LogP contribution >= 0.6 is 0 Å². The van der Waals surface area contributed by atoms with Gasteiger partial charge in [-0.2, -0.15) is 5.10 Å². The SMILES string of the molecule is Cc1cc(C(=O)N2CC[C@H](N)C[C@@H]2C)nn1-c1ccccc1. The van der Waals surface area contributed by atoms with Crippen molar-refractivity contribution >= 4 is 5.91 Å². The minimum absolute atomic E-state index is 0.00261. The molecule has 5 nitrogen and oxygen atoms in total. The van der Waals surface area contributed by atoms with Crippen molar-refractivity contribution in [1.29, 1.82) is 0 Å². The molecule has 0 radical (unpaired) electrons. The van der Waals surface area contributed by atoms with Crippen molar-refractivity contribution in [3.8, 4) is 5.69 Å². The van der Waals surface area contributed by atoms with Crippen LogP contribution in [0.15, 0.2) is 36.4 Å². The van der Waals surface area contributed by atoms with Crippen LogP contribution in [0.4, 0.5) is 0 Å². The predicted octanol–water partition coefficient (Wildman–Crippen LogP) is 2.13. The molecule has 0 spiro atoms.